The highest BCUT2D eigenvalue weighted by molar-refractivity contribution is 6.69. The van der Waals surface area contributed by atoms with Crippen LogP contribution in [-0.4, -0.2) is 67.2 Å². The van der Waals surface area contributed by atoms with Crippen LogP contribution in [0.25, 0.3) is 0 Å². The van der Waals surface area contributed by atoms with E-state index in [2.05, 4.69) is 0 Å². The summed E-state index contributed by atoms with van der Waals surface area (Å²) in [5.41, 5.74) is -1.04. The van der Waals surface area contributed by atoms with Gasteiger partial charge in [-0.25, -0.2) is 19.2 Å². The first-order valence-electron chi connectivity index (χ1n) is 8.49. The van der Waals surface area contributed by atoms with Crippen LogP contribution in [0.4, 0.5) is 0 Å². The molecule has 28 heavy (non-hydrogen) atoms. The number of methoxy groups -OCH3 is 4. The highest BCUT2D eigenvalue weighted by atomic mass is 28.4. The summed E-state index contributed by atoms with van der Waals surface area (Å²) in [5.74, 6) is -4.59. The summed E-state index contributed by atoms with van der Waals surface area (Å²) in [5, 5.41) is 0. The van der Waals surface area contributed by atoms with E-state index in [1.54, 1.807) is 0 Å². The van der Waals surface area contributed by atoms with Crippen LogP contribution in [0.5, 0.6) is 0 Å². The van der Waals surface area contributed by atoms with Gasteiger partial charge in [0.1, 0.15) is 0 Å². The summed E-state index contributed by atoms with van der Waals surface area (Å²) in [4.78, 5) is 49.8. The Bertz CT molecular complexity index is 676. The van der Waals surface area contributed by atoms with Crippen molar-refractivity contribution in [3.8, 4) is 0 Å². The number of carbonyl (C=O) groups is 4. The van der Waals surface area contributed by atoms with Gasteiger partial charge in [-0.05, 0) is 26.1 Å². The molecule has 0 bridgehead atoms. The summed E-state index contributed by atoms with van der Waals surface area (Å²) in [6.07, 6.45) is 0.153. The van der Waals surface area contributed by atoms with E-state index >= 15 is 0 Å². The molecule has 0 N–H and O–H groups in total. The molecule has 0 fully saturated rings. The fourth-order valence-corrected chi connectivity index (χ4v) is 3.60. The lowest BCUT2D eigenvalue weighted by Crippen LogP contribution is -2.28. The Morgan fingerprint density at radius 2 is 1.07 bits per heavy atom. The second-order valence-electron chi connectivity index (χ2n) is 6.85. The highest BCUT2D eigenvalue weighted by Gasteiger charge is 2.47. The quantitative estimate of drug-likeness (QED) is 0.328. The number of rotatable bonds is 8. The van der Waals surface area contributed by atoms with Crippen molar-refractivity contribution in [2.24, 2.45) is 5.92 Å². The minimum Gasteiger partial charge on any atom is -0.466 e. The van der Waals surface area contributed by atoms with Crippen LogP contribution in [0.2, 0.25) is 19.6 Å². The van der Waals surface area contributed by atoms with Crippen molar-refractivity contribution < 1.29 is 42.6 Å². The molecule has 0 spiro atoms. The van der Waals surface area contributed by atoms with Gasteiger partial charge in [0, 0.05) is 12.5 Å². The fraction of sp³-hybridized carbons (Fsp3) is 0.556. The molecule has 0 aromatic heterocycles. The molecule has 0 aromatic carbocycles. The number of carbonyl (C=O) groups excluding carboxylic acids is 4. The van der Waals surface area contributed by atoms with Crippen molar-refractivity contribution >= 4 is 32.2 Å². The molecule has 0 aromatic rings. The van der Waals surface area contributed by atoms with E-state index in [0.717, 1.165) is 28.4 Å². The molecule has 156 valence electrons. The van der Waals surface area contributed by atoms with E-state index < -0.39 is 38.1 Å². The van der Waals surface area contributed by atoms with Crippen LogP contribution in [0.1, 0.15) is 6.42 Å². The van der Waals surface area contributed by atoms with E-state index in [-0.39, 0.29) is 35.3 Å². The van der Waals surface area contributed by atoms with E-state index in [1.807, 2.05) is 19.6 Å². The molecule has 9 nitrogen and oxygen atoms in total. The molecule has 0 saturated carbocycles. The molecular weight excluding hydrogens is 388 g/mol. The van der Waals surface area contributed by atoms with Gasteiger partial charge in [-0.15, -0.1) is 0 Å². The predicted molar refractivity (Wildman–Crippen MR) is 99.5 cm³/mol. The molecule has 0 heterocycles. The number of hydrogen-bond acceptors (Lipinski definition) is 9. The van der Waals surface area contributed by atoms with E-state index in [1.165, 1.54) is 0 Å². The second-order valence-corrected chi connectivity index (χ2v) is 11.4. The third kappa shape index (κ3) is 5.07. The zero-order valence-electron chi connectivity index (χ0n) is 17.2. The van der Waals surface area contributed by atoms with Crippen LogP contribution in [0.3, 0.4) is 0 Å². The summed E-state index contributed by atoms with van der Waals surface area (Å²) >= 11 is 0. The van der Waals surface area contributed by atoms with Crippen molar-refractivity contribution in [2.75, 3.05) is 35.0 Å². The summed E-state index contributed by atoms with van der Waals surface area (Å²) in [6.45, 7) is 6.14. The maximum atomic E-state index is 12.5. The van der Waals surface area contributed by atoms with Gasteiger partial charge in [0.05, 0.1) is 50.7 Å². The number of ether oxygens (including phenoxy) is 4. The molecule has 0 radical (unpaired) electrons. The summed E-state index contributed by atoms with van der Waals surface area (Å²) in [7, 11) is 2.57. The second kappa shape index (κ2) is 9.65. The van der Waals surface area contributed by atoms with Crippen molar-refractivity contribution in [1.29, 1.82) is 0 Å². The summed E-state index contributed by atoms with van der Waals surface area (Å²) < 4.78 is 24.9. The Hall–Kier alpha value is -2.46. The van der Waals surface area contributed by atoms with E-state index in [9.17, 15) is 19.2 Å². The van der Waals surface area contributed by atoms with Gasteiger partial charge in [-0.1, -0.05) is 0 Å². The zero-order chi connectivity index (χ0) is 21.6. The van der Waals surface area contributed by atoms with Crippen molar-refractivity contribution in [3.05, 3.63) is 22.3 Å². The van der Waals surface area contributed by atoms with E-state index in [4.69, 9.17) is 23.4 Å². The Balaban J connectivity index is 3.65. The average Bonchev–Trinajstić information content (AvgIpc) is 2.99. The van der Waals surface area contributed by atoms with Crippen LogP contribution in [0, 0.1) is 5.92 Å². The smallest absolute Gasteiger partial charge is 0.339 e. The van der Waals surface area contributed by atoms with Crippen LogP contribution in [-0.2, 0) is 42.6 Å². The highest BCUT2D eigenvalue weighted by Crippen LogP contribution is 2.42. The molecule has 0 unspecified atom stereocenters. The fourth-order valence-electron chi connectivity index (χ4n) is 2.87. The molecule has 1 aliphatic carbocycles. The van der Waals surface area contributed by atoms with Crippen molar-refractivity contribution in [3.63, 3.8) is 0 Å². The molecular formula is C18H26O9Si. The summed E-state index contributed by atoms with van der Waals surface area (Å²) in [6, 6.07) is 0. The van der Waals surface area contributed by atoms with Crippen LogP contribution >= 0.6 is 0 Å². The topological polar surface area (TPSA) is 114 Å². The number of esters is 4. The van der Waals surface area contributed by atoms with Gasteiger partial charge >= 0.3 is 23.9 Å². The Kier molecular flexibility index (Phi) is 8.12. The van der Waals surface area contributed by atoms with Gasteiger partial charge in [-0.3, -0.25) is 0 Å². The van der Waals surface area contributed by atoms with Crippen LogP contribution < -0.4 is 0 Å². The third-order valence-corrected chi connectivity index (χ3v) is 5.09. The Morgan fingerprint density at radius 1 is 0.714 bits per heavy atom. The number of hydrogen-bond donors (Lipinski definition) is 0. The van der Waals surface area contributed by atoms with Crippen LogP contribution in [0.15, 0.2) is 22.3 Å². The molecule has 1 rings (SSSR count). The minimum absolute atomic E-state index is 0.153. The van der Waals surface area contributed by atoms with Gasteiger partial charge in [-0.2, -0.15) is 0 Å². The standard InChI is InChI=1S/C18H26O9Si/c1-23-15(19)11-10(8-9-27-28(5,6)7)12(16(20)24-2)14(18(22)26-4)13(11)17(21)25-3/h10H,8-9H2,1-7H3. The third-order valence-electron chi connectivity index (χ3n) is 4.02. The van der Waals surface area contributed by atoms with Gasteiger partial charge in [0.2, 0.25) is 0 Å². The maximum absolute atomic E-state index is 12.5. The molecule has 0 aliphatic heterocycles. The normalized spacial score (nSPS) is 14.8. The maximum Gasteiger partial charge on any atom is 0.339 e. The van der Waals surface area contributed by atoms with E-state index in [0.29, 0.717) is 0 Å². The minimum atomic E-state index is -1.88. The molecule has 0 amide bonds. The Morgan fingerprint density at radius 3 is 1.36 bits per heavy atom. The first kappa shape index (κ1) is 23.6. The predicted octanol–water partition coefficient (Wildman–Crippen LogP) is 1.14. The van der Waals surface area contributed by atoms with Crippen molar-refractivity contribution in [2.45, 2.75) is 26.1 Å². The largest absolute Gasteiger partial charge is 0.466 e. The first-order chi connectivity index (χ1) is 13.0. The average molecular weight is 414 g/mol. The zero-order valence-corrected chi connectivity index (χ0v) is 18.2. The lowest BCUT2D eigenvalue weighted by Gasteiger charge is -2.21. The SMILES string of the molecule is COC(=O)C1=C(C(=O)OC)C(CCO[Si](C)(C)C)C(C(=O)OC)=C1C(=O)OC. The molecule has 0 atom stereocenters. The van der Waals surface area contributed by atoms with Gasteiger partial charge in [0.15, 0.2) is 8.32 Å². The molecule has 1 aliphatic rings. The van der Waals surface area contributed by atoms with Crippen molar-refractivity contribution in [1.82, 2.24) is 0 Å². The molecule has 0 saturated heterocycles. The lowest BCUT2D eigenvalue weighted by molar-refractivity contribution is -0.140. The molecule has 10 heteroatoms. The van der Waals surface area contributed by atoms with Gasteiger partial charge < -0.3 is 23.4 Å². The lowest BCUT2D eigenvalue weighted by atomic mass is 9.91. The van der Waals surface area contributed by atoms with Gasteiger partial charge in [0.25, 0.3) is 0 Å². The Labute approximate surface area is 164 Å². The first-order valence-corrected chi connectivity index (χ1v) is 11.9. The monoisotopic (exact) mass is 414 g/mol.